The topological polar surface area (TPSA) is 68.2 Å². The van der Waals surface area contributed by atoms with Crippen LogP contribution in [0.1, 0.15) is 39.2 Å². The number of hydrogen-bond acceptors (Lipinski definition) is 5. The van der Waals surface area contributed by atoms with Crippen molar-refractivity contribution in [1.29, 1.82) is 0 Å². The smallest absolute Gasteiger partial charge is 0.444 e. The Hall–Kier alpha value is -2.00. The Labute approximate surface area is 161 Å². The van der Waals surface area contributed by atoms with Gasteiger partial charge in [0.2, 0.25) is 0 Å². The highest BCUT2D eigenvalue weighted by Crippen LogP contribution is 2.42. The molecular formula is C19H24F3NO5. The second-order valence-electron chi connectivity index (χ2n) is 8.25. The van der Waals surface area contributed by atoms with Gasteiger partial charge in [-0.25, -0.2) is 4.79 Å². The van der Waals surface area contributed by atoms with Crippen molar-refractivity contribution in [2.45, 2.75) is 63.3 Å². The molecule has 2 atom stereocenters. The predicted octanol–water partition coefficient (Wildman–Crippen LogP) is 3.57. The van der Waals surface area contributed by atoms with E-state index in [1.54, 1.807) is 31.7 Å². The van der Waals surface area contributed by atoms with Gasteiger partial charge in [-0.2, -0.15) is 0 Å². The third-order valence-corrected chi connectivity index (χ3v) is 4.76. The van der Waals surface area contributed by atoms with Gasteiger partial charge in [0.25, 0.3) is 0 Å². The lowest BCUT2D eigenvalue weighted by Crippen LogP contribution is -2.63. The standard InChI is InChI=1S/C19H24F3NO5/c1-17(2,3)28-16(24)23-13-8-18(25,9-14(23)11-26-10-13)12-5-4-6-15(7-12)27-19(20,21)22/h4-7,13-14,25H,8-11H2,1-3H3. The van der Waals surface area contributed by atoms with E-state index in [2.05, 4.69) is 4.74 Å². The van der Waals surface area contributed by atoms with E-state index in [4.69, 9.17) is 9.47 Å². The summed E-state index contributed by atoms with van der Waals surface area (Å²) in [4.78, 5) is 14.2. The van der Waals surface area contributed by atoms with Gasteiger partial charge in [-0.1, -0.05) is 12.1 Å². The summed E-state index contributed by atoms with van der Waals surface area (Å²) in [5, 5.41) is 11.2. The van der Waals surface area contributed by atoms with Crippen LogP contribution in [0.4, 0.5) is 18.0 Å². The third kappa shape index (κ3) is 4.70. The maximum absolute atomic E-state index is 12.6. The Morgan fingerprint density at radius 3 is 2.36 bits per heavy atom. The number of halogens is 3. The molecule has 156 valence electrons. The Bertz CT molecular complexity index is 717. The first kappa shape index (κ1) is 20.7. The number of rotatable bonds is 2. The summed E-state index contributed by atoms with van der Waals surface area (Å²) in [5.74, 6) is -0.394. The van der Waals surface area contributed by atoms with Crippen LogP contribution in [0.2, 0.25) is 0 Å². The number of morpholine rings is 1. The molecule has 2 bridgehead atoms. The van der Waals surface area contributed by atoms with E-state index in [9.17, 15) is 23.1 Å². The van der Waals surface area contributed by atoms with Gasteiger partial charge in [-0.3, -0.25) is 4.90 Å². The van der Waals surface area contributed by atoms with Crippen LogP contribution in [0, 0.1) is 0 Å². The molecule has 2 unspecified atom stereocenters. The number of carbonyl (C=O) groups is 1. The molecule has 1 aromatic carbocycles. The lowest BCUT2D eigenvalue weighted by Gasteiger charge is -2.51. The summed E-state index contributed by atoms with van der Waals surface area (Å²) in [6.07, 6.45) is -5.05. The largest absolute Gasteiger partial charge is 0.573 e. The van der Waals surface area contributed by atoms with E-state index >= 15 is 0 Å². The number of amides is 1. The van der Waals surface area contributed by atoms with Gasteiger partial charge < -0.3 is 19.3 Å². The van der Waals surface area contributed by atoms with E-state index in [0.717, 1.165) is 0 Å². The van der Waals surface area contributed by atoms with Crippen molar-refractivity contribution in [3.63, 3.8) is 0 Å². The molecule has 2 aliphatic heterocycles. The molecule has 0 aromatic heterocycles. The van der Waals surface area contributed by atoms with Gasteiger partial charge in [-0.05, 0) is 38.5 Å². The predicted molar refractivity (Wildman–Crippen MR) is 92.7 cm³/mol. The van der Waals surface area contributed by atoms with Crippen LogP contribution in [-0.4, -0.2) is 53.4 Å². The Kier molecular flexibility index (Phi) is 5.26. The molecule has 2 fully saturated rings. The van der Waals surface area contributed by atoms with Crippen molar-refractivity contribution in [2.24, 2.45) is 0 Å². The minimum absolute atomic E-state index is 0.123. The Balaban J connectivity index is 1.82. The van der Waals surface area contributed by atoms with Crippen molar-refractivity contribution in [2.75, 3.05) is 13.2 Å². The van der Waals surface area contributed by atoms with Crippen LogP contribution in [-0.2, 0) is 15.1 Å². The van der Waals surface area contributed by atoms with Gasteiger partial charge in [0, 0.05) is 12.8 Å². The van der Waals surface area contributed by atoms with Gasteiger partial charge >= 0.3 is 12.5 Å². The summed E-state index contributed by atoms with van der Waals surface area (Å²) >= 11 is 0. The molecule has 1 N–H and O–H groups in total. The van der Waals surface area contributed by atoms with Gasteiger partial charge in [0.1, 0.15) is 11.4 Å². The number of hydrogen-bond donors (Lipinski definition) is 1. The molecule has 2 saturated heterocycles. The zero-order valence-corrected chi connectivity index (χ0v) is 16.0. The van der Waals surface area contributed by atoms with Crippen molar-refractivity contribution >= 4 is 6.09 Å². The van der Waals surface area contributed by atoms with E-state index in [0.29, 0.717) is 5.56 Å². The minimum Gasteiger partial charge on any atom is -0.444 e. The summed E-state index contributed by atoms with van der Waals surface area (Å²) in [6, 6.07) is 4.44. The number of ether oxygens (including phenoxy) is 3. The molecule has 0 radical (unpaired) electrons. The van der Waals surface area contributed by atoms with E-state index in [1.165, 1.54) is 18.2 Å². The first-order valence-corrected chi connectivity index (χ1v) is 9.04. The average molecular weight is 403 g/mol. The normalized spacial score (nSPS) is 28.0. The van der Waals surface area contributed by atoms with Crippen LogP contribution in [0.5, 0.6) is 5.75 Å². The molecule has 6 nitrogen and oxygen atoms in total. The van der Waals surface area contributed by atoms with Crippen LogP contribution in [0.25, 0.3) is 0 Å². The number of alkyl halides is 3. The van der Waals surface area contributed by atoms with Crippen LogP contribution in [0.15, 0.2) is 24.3 Å². The van der Waals surface area contributed by atoms with E-state index in [1.807, 2.05) is 0 Å². The maximum atomic E-state index is 12.6. The first-order valence-electron chi connectivity index (χ1n) is 9.04. The lowest BCUT2D eigenvalue weighted by molar-refractivity contribution is -0.274. The fourth-order valence-corrected chi connectivity index (χ4v) is 3.81. The number of nitrogens with zero attached hydrogens (tertiary/aromatic N) is 1. The second kappa shape index (κ2) is 7.11. The number of aliphatic hydroxyl groups is 1. The molecule has 2 heterocycles. The van der Waals surface area contributed by atoms with Gasteiger partial charge in [-0.15, -0.1) is 13.2 Å². The Morgan fingerprint density at radius 1 is 1.21 bits per heavy atom. The first-order chi connectivity index (χ1) is 12.9. The Morgan fingerprint density at radius 2 is 1.82 bits per heavy atom. The summed E-state index contributed by atoms with van der Waals surface area (Å²) in [6.45, 7) is 5.74. The van der Waals surface area contributed by atoms with Gasteiger partial charge in [0.05, 0.1) is 30.9 Å². The monoisotopic (exact) mass is 403 g/mol. The maximum Gasteiger partial charge on any atom is 0.573 e. The number of fused-ring (bicyclic) bond motifs is 2. The quantitative estimate of drug-likeness (QED) is 0.818. The molecule has 9 heteroatoms. The zero-order valence-electron chi connectivity index (χ0n) is 16.0. The molecule has 0 aliphatic carbocycles. The summed E-state index contributed by atoms with van der Waals surface area (Å²) in [7, 11) is 0. The zero-order chi connectivity index (χ0) is 20.7. The number of benzene rings is 1. The summed E-state index contributed by atoms with van der Waals surface area (Å²) in [5.41, 5.74) is -1.75. The van der Waals surface area contributed by atoms with Crippen LogP contribution in [0.3, 0.4) is 0 Å². The second-order valence-corrected chi connectivity index (χ2v) is 8.25. The number of carbonyl (C=O) groups excluding carboxylic acids is 1. The molecule has 1 aromatic rings. The number of piperidine rings is 1. The van der Waals surface area contributed by atoms with Gasteiger partial charge in [0.15, 0.2) is 0 Å². The van der Waals surface area contributed by atoms with Crippen LogP contribution >= 0.6 is 0 Å². The van der Waals surface area contributed by atoms with Crippen molar-refractivity contribution in [3.8, 4) is 5.75 Å². The fraction of sp³-hybridized carbons (Fsp3) is 0.632. The average Bonchev–Trinajstić information content (AvgIpc) is 2.51. The highest BCUT2D eigenvalue weighted by molar-refractivity contribution is 5.69. The third-order valence-electron chi connectivity index (χ3n) is 4.76. The molecule has 3 rings (SSSR count). The van der Waals surface area contributed by atoms with Crippen molar-refractivity contribution in [1.82, 2.24) is 4.90 Å². The molecule has 2 aliphatic rings. The molecule has 0 saturated carbocycles. The molecule has 28 heavy (non-hydrogen) atoms. The highest BCUT2D eigenvalue weighted by Gasteiger charge is 2.50. The van der Waals surface area contributed by atoms with E-state index < -0.39 is 41.5 Å². The van der Waals surface area contributed by atoms with Crippen molar-refractivity contribution < 1.29 is 37.3 Å². The van der Waals surface area contributed by atoms with E-state index in [-0.39, 0.29) is 26.1 Å². The SMILES string of the molecule is CC(C)(C)OC(=O)N1C2COCC1CC(O)(c1cccc(OC(F)(F)F)c1)C2. The fourth-order valence-electron chi connectivity index (χ4n) is 3.81. The molecular weight excluding hydrogens is 379 g/mol. The minimum atomic E-state index is -4.81. The highest BCUT2D eigenvalue weighted by atomic mass is 19.4. The van der Waals surface area contributed by atoms with Crippen molar-refractivity contribution in [3.05, 3.63) is 29.8 Å². The summed E-state index contributed by atoms with van der Waals surface area (Å²) < 4.78 is 52.5. The molecule has 1 amide bonds. The van der Waals surface area contributed by atoms with Crippen LogP contribution < -0.4 is 4.74 Å². The lowest BCUT2D eigenvalue weighted by atomic mass is 9.77. The molecule has 0 spiro atoms.